The molecule has 6 heteroatoms. The predicted molar refractivity (Wildman–Crippen MR) is 75.1 cm³/mol. The van der Waals surface area contributed by atoms with Gasteiger partial charge in [-0.1, -0.05) is 17.7 Å². The molecule has 1 aromatic carbocycles. The summed E-state index contributed by atoms with van der Waals surface area (Å²) >= 11 is 5.63. The average molecular weight is 301 g/mol. The first-order chi connectivity index (χ1) is 9.58. The molecule has 2 rings (SSSR count). The zero-order valence-electron chi connectivity index (χ0n) is 11.4. The van der Waals surface area contributed by atoms with Gasteiger partial charge in [-0.15, -0.1) is 0 Å². The molecular formula is C14H18ClFN2O2. The standard InChI is InChI=1S/C14H18ClFN2O2/c1-10(14(19)18-4-6-20-7-5-18)17-9-11-2-3-12(15)13(16)8-11/h2-3,8,10,17H,4-7,9H2,1H3. The summed E-state index contributed by atoms with van der Waals surface area (Å²) in [7, 11) is 0. The summed E-state index contributed by atoms with van der Waals surface area (Å²) in [6, 6.07) is 4.32. The maximum absolute atomic E-state index is 13.3. The minimum Gasteiger partial charge on any atom is -0.378 e. The monoisotopic (exact) mass is 300 g/mol. The number of ether oxygens (including phenoxy) is 1. The zero-order valence-corrected chi connectivity index (χ0v) is 12.1. The minimum absolute atomic E-state index is 0.0442. The smallest absolute Gasteiger partial charge is 0.239 e. The highest BCUT2D eigenvalue weighted by molar-refractivity contribution is 6.30. The number of morpholine rings is 1. The molecule has 1 unspecified atom stereocenters. The SMILES string of the molecule is CC(NCc1ccc(Cl)c(F)c1)C(=O)N1CCOCC1. The molecule has 1 fully saturated rings. The van der Waals surface area contributed by atoms with Crippen LogP contribution in [0.5, 0.6) is 0 Å². The van der Waals surface area contributed by atoms with E-state index in [1.807, 2.05) is 6.92 Å². The van der Waals surface area contributed by atoms with E-state index in [0.29, 0.717) is 32.8 Å². The number of hydrogen-bond acceptors (Lipinski definition) is 3. The molecule has 1 aliphatic rings. The Balaban J connectivity index is 1.85. The quantitative estimate of drug-likeness (QED) is 0.922. The van der Waals surface area contributed by atoms with Crippen LogP contribution in [-0.2, 0) is 16.1 Å². The normalized spacial score (nSPS) is 17.1. The minimum atomic E-state index is -0.446. The van der Waals surface area contributed by atoms with Gasteiger partial charge in [-0.2, -0.15) is 0 Å². The van der Waals surface area contributed by atoms with Crippen molar-refractivity contribution in [3.63, 3.8) is 0 Å². The number of amides is 1. The maximum Gasteiger partial charge on any atom is 0.239 e. The lowest BCUT2D eigenvalue weighted by Gasteiger charge is -2.29. The third kappa shape index (κ3) is 3.91. The topological polar surface area (TPSA) is 41.6 Å². The number of nitrogens with one attached hydrogen (secondary N) is 1. The molecule has 20 heavy (non-hydrogen) atoms. The van der Waals surface area contributed by atoms with Gasteiger partial charge >= 0.3 is 0 Å². The van der Waals surface area contributed by atoms with Crippen LogP contribution in [0.4, 0.5) is 4.39 Å². The predicted octanol–water partition coefficient (Wildman–Crippen LogP) is 1.82. The molecule has 1 aromatic rings. The van der Waals surface area contributed by atoms with Crippen molar-refractivity contribution in [3.05, 3.63) is 34.6 Å². The van der Waals surface area contributed by atoms with Crippen LogP contribution in [-0.4, -0.2) is 43.2 Å². The fraction of sp³-hybridized carbons (Fsp3) is 0.500. The maximum atomic E-state index is 13.3. The summed E-state index contributed by atoms with van der Waals surface area (Å²) in [5.41, 5.74) is 0.758. The first-order valence-electron chi connectivity index (χ1n) is 6.62. The van der Waals surface area contributed by atoms with Crippen LogP contribution >= 0.6 is 11.6 Å². The molecule has 0 aromatic heterocycles. The molecule has 0 radical (unpaired) electrons. The summed E-state index contributed by atoms with van der Waals surface area (Å²) in [4.78, 5) is 13.9. The molecule has 0 saturated carbocycles. The highest BCUT2D eigenvalue weighted by Crippen LogP contribution is 2.15. The van der Waals surface area contributed by atoms with E-state index in [9.17, 15) is 9.18 Å². The van der Waals surface area contributed by atoms with Gasteiger partial charge in [0.1, 0.15) is 5.82 Å². The highest BCUT2D eigenvalue weighted by atomic mass is 35.5. The first-order valence-corrected chi connectivity index (χ1v) is 6.99. The third-order valence-corrected chi connectivity index (χ3v) is 3.60. The Morgan fingerprint density at radius 2 is 2.20 bits per heavy atom. The van der Waals surface area contributed by atoms with E-state index in [1.165, 1.54) is 12.1 Å². The number of benzene rings is 1. The summed E-state index contributed by atoms with van der Waals surface area (Å²) in [5, 5.41) is 3.20. The number of nitrogens with zero attached hydrogens (tertiary/aromatic N) is 1. The van der Waals surface area contributed by atoms with E-state index in [4.69, 9.17) is 16.3 Å². The van der Waals surface area contributed by atoms with Crippen LogP contribution in [0.1, 0.15) is 12.5 Å². The molecule has 1 saturated heterocycles. The van der Waals surface area contributed by atoms with Gasteiger partial charge in [0.05, 0.1) is 24.3 Å². The first kappa shape index (κ1) is 15.2. The Bertz CT molecular complexity index is 478. The molecule has 0 bridgehead atoms. The lowest BCUT2D eigenvalue weighted by molar-refractivity contribution is -0.137. The Morgan fingerprint density at radius 3 is 2.85 bits per heavy atom. The molecule has 1 aliphatic heterocycles. The van der Waals surface area contributed by atoms with E-state index in [2.05, 4.69) is 5.32 Å². The van der Waals surface area contributed by atoms with Gasteiger partial charge in [0.2, 0.25) is 5.91 Å². The van der Waals surface area contributed by atoms with Crippen LogP contribution in [0.3, 0.4) is 0 Å². The van der Waals surface area contributed by atoms with Gasteiger partial charge in [0, 0.05) is 19.6 Å². The Morgan fingerprint density at radius 1 is 1.50 bits per heavy atom. The summed E-state index contributed by atoms with van der Waals surface area (Å²) in [5.74, 6) is -0.402. The fourth-order valence-corrected chi connectivity index (χ4v) is 2.18. The van der Waals surface area contributed by atoms with E-state index in [-0.39, 0.29) is 17.0 Å². The molecule has 1 N–H and O–H groups in total. The van der Waals surface area contributed by atoms with Gasteiger partial charge < -0.3 is 15.0 Å². The summed E-state index contributed by atoms with van der Waals surface area (Å²) in [6.07, 6.45) is 0. The van der Waals surface area contributed by atoms with E-state index < -0.39 is 5.82 Å². The average Bonchev–Trinajstić information content (AvgIpc) is 2.48. The molecular weight excluding hydrogens is 283 g/mol. The second kappa shape index (κ2) is 7.02. The van der Waals surface area contributed by atoms with Gasteiger partial charge in [-0.3, -0.25) is 4.79 Å². The lowest BCUT2D eigenvalue weighted by atomic mass is 10.2. The number of carbonyl (C=O) groups excluding carboxylic acids is 1. The van der Waals surface area contributed by atoms with E-state index in [0.717, 1.165) is 5.56 Å². The van der Waals surface area contributed by atoms with Crippen LogP contribution in [0.25, 0.3) is 0 Å². The van der Waals surface area contributed by atoms with Gasteiger partial charge in [0.25, 0.3) is 0 Å². The molecule has 0 aliphatic carbocycles. The van der Waals surface area contributed by atoms with Crippen molar-refractivity contribution in [2.24, 2.45) is 0 Å². The van der Waals surface area contributed by atoms with Crippen molar-refractivity contribution in [2.75, 3.05) is 26.3 Å². The fourth-order valence-electron chi connectivity index (χ4n) is 2.07. The second-order valence-electron chi connectivity index (χ2n) is 4.79. The number of halogens is 2. The van der Waals surface area contributed by atoms with Gasteiger partial charge in [0.15, 0.2) is 0 Å². The van der Waals surface area contributed by atoms with Gasteiger partial charge in [-0.25, -0.2) is 4.39 Å². The van der Waals surface area contributed by atoms with E-state index >= 15 is 0 Å². The molecule has 1 heterocycles. The molecule has 110 valence electrons. The molecule has 1 amide bonds. The molecule has 0 spiro atoms. The lowest BCUT2D eigenvalue weighted by Crippen LogP contribution is -2.49. The van der Waals surface area contributed by atoms with Crippen LogP contribution in [0.2, 0.25) is 5.02 Å². The Kier molecular flexibility index (Phi) is 5.34. The van der Waals surface area contributed by atoms with Crippen molar-refractivity contribution in [2.45, 2.75) is 19.5 Å². The summed E-state index contributed by atoms with van der Waals surface area (Å²) in [6.45, 7) is 4.65. The summed E-state index contributed by atoms with van der Waals surface area (Å²) < 4.78 is 18.5. The van der Waals surface area contributed by atoms with E-state index in [1.54, 1.807) is 11.0 Å². The van der Waals surface area contributed by atoms with Crippen molar-refractivity contribution in [1.29, 1.82) is 0 Å². The molecule has 4 nitrogen and oxygen atoms in total. The Labute approximate surface area is 122 Å². The number of hydrogen-bond donors (Lipinski definition) is 1. The zero-order chi connectivity index (χ0) is 14.5. The van der Waals surface area contributed by atoms with Crippen LogP contribution in [0.15, 0.2) is 18.2 Å². The largest absolute Gasteiger partial charge is 0.378 e. The van der Waals surface area contributed by atoms with Crippen molar-refractivity contribution in [1.82, 2.24) is 10.2 Å². The Hall–Kier alpha value is -1.17. The number of carbonyl (C=O) groups is 1. The third-order valence-electron chi connectivity index (χ3n) is 3.29. The van der Waals surface area contributed by atoms with Gasteiger partial charge in [-0.05, 0) is 24.6 Å². The van der Waals surface area contributed by atoms with Crippen molar-refractivity contribution in [3.8, 4) is 0 Å². The number of rotatable bonds is 4. The highest BCUT2D eigenvalue weighted by Gasteiger charge is 2.21. The second-order valence-corrected chi connectivity index (χ2v) is 5.20. The van der Waals surface area contributed by atoms with Crippen LogP contribution < -0.4 is 5.32 Å². The molecule has 1 atom stereocenters. The van der Waals surface area contributed by atoms with Crippen LogP contribution in [0, 0.1) is 5.82 Å². The van der Waals surface area contributed by atoms with Crippen molar-refractivity contribution >= 4 is 17.5 Å². The van der Waals surface area contributed by atoms with Crippen molar-refractivity contribution < 1.29 is 13.9 Å².